The van der Waals surface area contributed by atoms with Gasteiger partial charge in [0.25, 0.3) is 0 Å². The fourth-order valence-corrected chi connectivity index (χ4v) is 12.4. The van der Waals surface area contributed by atoms with E-state index in [0.717, 1.165) is 44.3 Å². The molecule has 4 atom stereocenters. The maximum absolute atomic E-state index is 9.14. The highest BCUT2D eigenvalue weighted by Crippen LogP contribution is 2.26. The number of aromatic nitrogens is 1. The van der Waals surface area contributed by atoms with Gasteiger partial charge >= 0.3 is 0 Å². The molecule has 4 heterocycles. The van der Waals surface area contributed by atoms with Gasteiger partial charge in [-0.2, -0.15) is 11.8 Å². The van der Waals surface area contributed by atoms with Gasteiger partial charge in [-0.15, -0.1) is 22.7 Å². The predicted molar refractivity (Wildman–Crippen MR) is 458 cm³/mol. The molecule has 8 aromatic rings. The van der Waals surface area contributed by atoms with Crippen molar-refractivity contribution in [2.75, 3.05) is 47.3 Å². The minimum atomic E-state index is -0.690. The number of rotatable bonds is 27. The Hall–Kier alpha value is -5.21. The molecule has 4 aromatic carbocycles. The summed E-state index contributed by atoms with van der Waals surface area (Å²) in [6.45, 7) is 57.8. The number of thiophene rings is 2. The third-order valence-electron chi connectivity index (χ3n) is 14.6. The molecular weight excluding hydrogens is 1380 g/mol. The number of ether oxygens (including phenoxy) is 7. The van der Waals surface area contributed by atoms with E-state index in [9.17, 15) is 0 Å². The summed E-state index contributed by atoms with van der Waals surface area (Å²) in [6.07, 6.45) is 2.74. The summed E-state index contributed by atoms with van der Waals surface area (Å²) in [4.78, 5) is 3.02. The van der Waals surface area contributed by atoms with Crippen molar-refractivity contribution in [1.82, 2.24) is 4.57 Å². The summed E-state index contributed by atoms with van der Waals surface area (Å²) in [5, 5.41) is 33.3. The van der Waals surface area contributed by atoms with Crippen molar-refractivity contribution in [1.29, 1.82) is 0 Å². The zero-order chi connectivity index (χ0) is 80.9. The van der Waals surface area contributed by atoms with Crippen molar-refractivity contribution in [3.63, 3.8) is 0 Å². The third kappa shape index (κ3) is 53.6. The van der Waals surface area contributed by atoms with Gasteiger partial charge in [-0.1, -0.05) is 204 Å². The van der Waals surface area contributed by atoms with E-state index in [1.54, 1.807) is 28.1 Å². The number of aryl methyl sites for hydroxylation is 4. The third-order valence-corrected chi connectivity index (χ3v) is 18.3. The minimum absolute atomic E-state index is 0.0300. The fraction of sp³-hybridized carbons (Fsp3) is 0.560. The number of methoxy groups -OCH3 is 2. The molecule has 3 N–H and O–H groups in total. The largest absolute Gasteiger partial charge is 0.466 e. The Morgan fingerprint density at radius 2 is 0.849 bits per heavy atom. The monoisotopic (exact) mass is 1530 g/mol. The highest BCUT2D eigenvalue weighted by atomic mass is 32.2. The van der Waals surface area contributed by atoms with Gasteiger partial charge in [0, 0.05) is 48.8 Å². The van der Waals surface area contributed by atoms with Crippen molar-refractivity contribution in [2.24, 2.45) is 7.05 Å². The van der Waals surface area contributed by atoms with Gasteiger partial charge in [0.15, 0.2) is 0 Å². The molecule has 600 valence electrons. The van der Waals surface area contributed by atoms with Gasteiger partial charge in [0.1, 0.15) is 35.9 Å². The van der Waals surface area contributed by atoms with Crippen molar-refractivity contribution >= 4 is 34.4 Å². The molecule has 0 aliphatic rings. The van der Waals surface area contributed by atoms with Crippen molar-refractivity contribution in [2.45, 2.75) is 282 Å². The number of thioether (sulfide) groups is 1. The lowest BCUT2D eigenvalue weighted by atomic mass is 10.1. The predicted octanol–water partition coefficient (Wildman–Crippen LogP) is 24.8. The smallest absolute Gasteiger partial charge is 0.106 e. The van der Waals surface area contributed by atoms with Crippen LogP contribution in [0.3, 0.4) is 0 Å². The van der Waals surface area contributed by atoms with Gasteiger partial charge in [-0.05, 0) is 213 Å². The molecule has 0 fully saturated rings. The van der Waals surface area contributed by atoms with E-state index in [-0.39, 0.29) is 68.1 Å². The molecular formula is C91H147NO11S3. The second-order valence-corrected chi connectivity index (χ2v) is 33.6. The Kier molecular flexibility index (Phi) is 58.8. The van der Waals surface area contributed by atoms with Crippen LogP contribution in [0.4, 0.5) is 0 Å². The van der Waals surface area contributed by atoms with Crippen LogP contribution in [0, 0.1) is 20.8 Å². The second kappa shape index (κ2) is 60.6. The van der Waals surface area contributed by atoms with Gasteiger partial charge < -0.3 is 57.5 Å². The lowest BCUT2D eigenvalue weighted by Gasteiger charge is -2.18. The minimum Gasteiger partial charge on any atom is -0.466 e. The van der Waals surface area contributed by atoms with Crippen LogP contribution >= 0.6 is 34.4 Å². The average Bonchev–Trinajstić information content (AvgIpc) is 1.71. The van der Waals surface area contributed by atoms with Crippen molar-refractivity contribution in [3.05, 3.63) is 235 Å². The first-order valence-corrected chi connectivity index (χ1v) is 40.8. The first kappa shape index (κ1) is 103. The molecule has 0 saturated heterocycles. The first-order chi connectivity index (χ1) is 49.8. The molecule has 0 aliphatic heterocycles. The van der Waals surface area contributed by atoms with E-state index in [4.69, 9.17) is 52.9 Å². The van der Waals surface area contributed by atoms with Crippen LogP contribution in [0.2, 0.25) is 0 Å². The molecule has 12 nitrogen and oxygen atoms in total. The molecule has 2 unspecified atom stereocenters. The number of aliphatic hydroxyl groups is 3. The summed E-state index contributed by atoms with van der Waals surface area (Å²) < 4.78 is 45.5. The Morgan fingerprint density at radius 1 is 0.453 bits per heavy atom. The topological polar surface area (TPSA) is 143 Å². The normalized spacial score (nSPS) is 12.2. The summed E-state index contributed by atoms with van der Waals surface area (Å²) in [5.41, 5.74) is 7.92. The van der Waals surface area contributed by atoms with Gasteiger partial charge in [-0.3, -0.25) is 0 Å². The SMILES string of the molecule is CC(C)OC(CO)c1ccccc1.CC(C)OCC(C)(C)O.CC(C)O[C@H](CO)c1ccccc1.CC(C)SC(C)C.CC(C)c1cccn1C.COC(COC(C)C)c1ccccc1.CO[C@H](COC(C)C)c1ccccc1.Cc1ccc(C(C)C)o1.Cc1ccsc1C(C)C.Cc1csc(C(C)C)c1. The Morgan fingerprint density at radius 3 is 1.03 bits per heavy atom. The molecule has 0 radical (unpaired) electrons. The summed E-state index contributed by atoms with van der Waals surface area (Å²) in [5.74, 6) is 4.63. The molecule has 0 bridgehead atoms. The highest BCUT2D eigenvalue weighted by Gasteiger charge is 2.16. The lowest BCUT2D eigenvalue weighted by molar-refractivity contribution is -0.0423. The van der Waals surface area contributed by atoms with Crippen LogP contribution in [0.5, 0.6) is 0 Å². The van der Waals surface area contributed by atoms with Crippen LogP contribution in [0.15, 0.2) is 179 Å². The quantitative estimate of drug-likeness (QED) is 0.0451. The summed E-state index contributed by atoms with van der Waals surface area (Å²) in [7, 11) is 5.50. The second-order valence-electron chi connectivity index (χ2n) is 29.6. The van der Waals surface area contributed by atoms with E-state index in [0.29, 0.717) is 43.5 Å². The molecule has 0 saturated carbocycles. The molecule has 8 rings (SSSR count). The first-order valence-electron chi connectivity index (χ1n) is 38.1. The van der Waals surface area contributed by atoms with E-state index in [1.807, 2.05) is 220 Å². The van der Waals surface area contributed by atoms with Crippen molar-refractivity contribution < 1.29 is 52.9 Å². The zero-order valence-corrected chi connectivity index (χ0v) is 73.7. The molecule has 15 heteroatoms. The Balaban J connectivity index is 0. The van der Waals surface area contributed by atoms with E-state index >= 15 is 0 Å². The maximum Gasteiger partial charge on any atom is 0.106 e. The van der Waals surface area contributed by atoms with E-state index in [1.165, 1.54) is 26.6 Å². The lowest BCUT2D eigenvalue weighted by Crippen LogP contribution is -2.27. The number of hydrogen-bond acceptors (Lipinski definition) is 14. The fourth-order valence-electron chi connectivity index (χ4n) is 9.43. The van der Waals surface area contributed by atoms with Crippen molar-refractivity contribution in [3.8, 4) is 0 Å². The highest BCUT2D eigenvalue weighted by molar-refractivity contribution is 8.00. The number of nitrogens with zero attached hydrogens (tertiary/aromatic N) is 1. The maximum atomic E-state index is 9.14. The van der Waals surface area contributed by atoms with Gasteiger partial charge in [0.05, 0.1) is 69.2 Å². The number of furan rings is 1. The van der Waals surface area contributed by atoms with Crippen LogP contribution in [-0.4, -0.2) is 114 Å². The number of hydrogen-bond donors (Lipinski definition) is 3. The summed E-state index contributed by atoms with van der Waals surface area (Å²) >= 11 is 5.72. The molecule has 0 aliphatic carbocycles. The van der Waals surface area contributed by atoms with Gasteiger partial charge in [-0.25, -0.2) is 0 Å². The van der Waals surface area contributed by atoms with Crippen LogP contribution in [0.1, 0.15) is 275 Å². The standard InChI is InChI=1S/2C12H18O2.2C11H16O2.C8H13N.C8H12O.2C8H12S.C7H16O2.C6H14S/c2*1-10(2)14-9-12(13-3)11-7-5-4-6-8-11;2*1-9(2)13-11(8-12)10-6-4-3-5-7-10;1-7(2)8-5-4-6-9(8)3;1-6(2)8-5-4-7(3)9-8;1-6(2)8-4-7(3)5-9-8;1-6(2)8-7(3)4-5-9-8;1-6(2)9-5-7(3,4)8;1-5(2)7-6(3)4/h2*4-8,10,12H,9H2,1-3H3;2*3-7,9,11-12H,8H2,1-2H3;4-7H,1-3H3;3*4-6H,1-3H3;6,8H,5H2,1-4H3;5-6H,1-4H3/t12-;;11-;;;;;;;/m1.1......./s1. The molecule has 0 amide bonds. The van der Waals surface area contributed by atoms with E-state index < -0.39 is 5.60 Å². The van der Waals surface area contributed by atoms with Crippen LogP contribution < -0.4 is 0 Å². The molecule has 0 spiro atoms. The molecule has 4 aromatic heterocycles. The average molecular weight is 1530 g/mol. The summed E-state index contributed by atoms with van der Waals surface area (Å²) in [6, 6.07) is 52.5. The number of aliphatic hydroxyl groups excluding tert-OH is 2. The van der Waals surface area contributed by atoms with Gasteiger partial charge in [0.2, 0.25) is 0 Å². The number of benzene rings is 4. The van der Waals surface area contributed by atoms with E-state index in [2.05, 4.69) is 174 Å². The Bertz CT molecular complexity index is 3010. The van der Waals surface area contributed by atoms with Crippen LogP contribution in [-0.2, 0) is 40.2 Å². The molecule has 106 heavy (non-hydrogen) atoms. The van der Waals surface area contributed by atoms with Crippen LogP contribution in [0.25, 0.3) is 0 Å². The zero-order valence-electron chi connectivity index (χ0n) is 71.2. The Labute approximate surface area is 658 Å².